The fourth-order valence-electron chi connectivity index (χ4n) is 3.41. The molecule has 1 aliphatic heterocycles. The highest BCUT2D eigenvalue weighted by molar-refractivity contribution is 5.76. The summed E-state index contributed by atoms with van der Waals surface area (Å²) in [7, 11) is 0. The van der Waals surface area contributed by atoms with Gasteiger partial charge in [-0.1, -0.05) is 19.1 Å². The van der Waals surface area contributed by atoms with Gasteiger partial charge in [0.2, 0.25) is 5.91 Å². The van der Waals surface area contributed by atoms with Crippen molar-refractivity contribution in [1.82, 2.24) is 10.6 Å². The number of piperidine rings is 1. The minimum atomic E-state index is -0.385. The third-order valence-corrected chi connectivity index (χ3v) is 5.06. The first-order valence-electron chi connectivity index (χ1n) is 9.27. The molecule has 0 radical (unpaired) electrons. The Kier molecular flexibility index (Phi) is 7.85. The number of hydrogen-bond acceptors (Lipinski definition) is 4. The molecule has 0 bridgehead atoms. The maximum absolute atomic E-state index is 12.0. The zero-order valence-electron chi connectivity index (χ0n) is 15.0. The lowest BCUT2D eigenvalue weighted by Gasteiger charge is -2.27. The van der Waals surface area contributed by atoms with Crippen molar-refractivity contribution in [1.29, 1.82) is 0 Å². The van der Waals surface area contributed by atoms with Crippen LogP contribution in [0.1, 0.15) is 44.6 Å². The van der Waals surface area contributed by atoms with E-state index in [9.17, 15) is 14.9 Å². The Bertz CT molecular complexity index is 554. The van der Waals surface area contributed by atoms with Crippen LogP contribution in [0.3, 0.4) is 0 Å². The molecule has 6 heteroatoms. The number of nitrogens with one attached hydrogen (secondary N) is 2. The van der Waals surface area contributed by atoms with Crippen LogP contribution >= 0.6 is 0 Å². The van der Waals surface area contributed by atoms with Crippen LogP contribution in [-0.4, -0.2) is 30.5 Å². The average Bonchev–Trinajstić information content (AvgIpc) is 2.62. The summed E-state index contributed by atoms with van der Waals surface area (Å²) in [4.78, 5) is 22.3. The second kappa shape index (κ2) is 10.1. The summed E-state index contributed by atoms with van der Waals surface area (Å²) in [5.74, 6) is 1.26. The van der Waals surface area contributed by atoms with Crippen molar-refractivity contribution in [2.24, 2.45) is 11.8 Å². The number of benzene rings is 1. The maximum atomic E-state index is 12.0. The molecule has 1 saturated heterocycles. The molecule has 1 amide bonds. The van der Waals surface area contributed by atoms with Gasteiger partial charge < -0.3 is 10.6 Å². The number of unbranched alkanes of at least 4 members (excludes halogenated alkanes) is 1. The monoisotopic (exact) mass is 347 g/mol. The Hall–Kier alpha value is -1.95. The van der Waals surface area contributed by atoms with Gasteiger partial charge in [0.1, 0.15) is 0 Å². The SMILES string of the molecule is CC(CC(=O)NCCCCc1ccc([N+](=O)[O-])cc1)C1CCNCC1. The minimum absolute atomic E-state index is 0.124. The second-order valence-corrected chi connectivity index (χ2v) is 7.00. The predicted octanol–water partition coefficient (Wildman–Crippen LogP) is 3.06. The molecular formula is C19H29N3O3. The van der Waals surface area contributed by atoms with Gasteiger partial charge >= 0.3 is 0 Å². The zero-order chi connectivity index (χ0) is 18.1. The summed E-state index contributed by atoms with van der Waals surface area (Å²) in [6.07, 6.45) is 5.71. The molecule has 1 unspecified atom stereocenters. The molecular weight excluding hydrogens is 318 g/mol. The van der Waals surface area contributed by atoms with E-state index in [4.69, 9.17) is 0 Å². The Labute approximate surface area is 149 Å². The van der Waals surface area contributed by atoms with Gasteiger partial charge in [0.15, 0.2) is 0 Å². The molecule has 2 rings (SSSR count). The van der Waals surface area contributed by atoms with E-state index >= 15 is 0 Å². The van der Waals surface area contributed by atoms with Gasteiger partial charge in [0.05, 0.1) is 4.92 Å². The van der Waals surface area contributed by atoms with Crippen LogP contribution in [0.5, 0.6) is 0 Å². The number of carbonyl (C=O) groups is 1. The number of non-ortho nitro benzene ring substituents is 1. The van der Waals surface area contributed by atoms with Crippen LogP contribution in [0, 0.1) is 22.0 Å². The van der Waals surface area contributed by atoms with Crippen molar-refractivity contribution in [3.05, 3.63) is 39.9 Å². The van der Waals surface area contributed by atoms with E-state index in [1.54, 1.807) is 24.3 Å². The molecule has 1 atom stereocenters. The van der Waals surface area contributed by atoms with Crippen molar-refractivity contribution in [2.45, 2.75) is 45.4 Å². The third kappa shape index (κ3) is 6.82. The Morgan fingerprint density at radius 3 is 2.60 bits per heavy atom. The van der Waals surface area contributed by atoms with Crippen LogP contribution in [0.2, 0.25) is 0 Å². The molecule has 0 aliphatic carbocycles. The first-order chi connectivity index (χ1) is 12.1. The van der Waals surface area contributed by atoms with Crippen molar-refractivity contribution in [3.63, 3.8) is 0 Å². The van der Waals surface area contributed by atoms with Crippen molar-refractivity contribution >= 4 is 11.6 Å². The Morgan fingerprint density at radius 1 is 1.28 bits per heavy atom. The predicted molar refractivity (Wildman–Crippen MR) is 98.4 cm³/mol. The summed E-state index contributed by atoms with van der Waals surface area (Å²) in [5.41, 5.74) is 1.22. The summed E-state index contributed by atoms with van der Waals surface area (Å²) < 4.78 is 0. The van der Waals surface area contributed by atoms with Crippen LogP contribution in [0.15, 0.2) is 24.3 Å². The molecule has 0 aromatic heterocycles. The molecule has 1 aromatic carbocycles. The highest BCUT2D eigenvalue weighted by Gasteiger charge is 2.21. The number of nitrogens with zero attached hydrogens (tertiary/aromatic N) is 1. The maximum Gasteiger partial charge on any atom is 0.269 e. The Morgan fingerprint density at radius 2 is 1.96 bits per heavy atom. The van der Waals surface area contributed by atoms with Crippen LogP contribution in [-0.2, 0) is 11.2 Å². The second-order valence-electron chi connectivity index (χ2n) is 7.00. The van der Waals surface area contributed by atoms with Gasteiger partial charge in [-0.05, 0) is 62.6 Å². The molecule has 1 aromatic rings. The molecule has 1 aliphatic rings. The van der Waals surface area contributed by atoms with E-state index in [0.29, 0.717) is 24.8 Å². The molecule has 0 saturated carbocycles. The largest absolute Gasteiger partial charge is 0.356 e. The molecule has 1 fully saturated rings. The number of amides is 1. The van der Waals surface area contributed by atoms with E-state index < -0.39 is 0 Å². The number of aryl methyl sites for hydroxylation is 1. The zero-order valence-corrected chi connectivity index (χ0v) is 15.0. The van der Waals surface area contributed by atoms with Gasteiger partial charge in [-0.15, -0.1) is 0 Å². The van der Waals surface area contributed by atoms with Gasteiger partial charge in [0, 0.05) is 25.1 Å². The summed E-state index contributed by atoms with van der Waals surface area (Å²) >= 11 is 0. The van der Waals surface area contributed by atoms with Gasteiger partial charge in [-0.25, -0.2) is 0 Å². The van der Waals surface area contributed by atoms with Crippen molar-refractivity contribution in [2.75, 3.05) is 19.6 Å². The normalized spacial score (nSPS) is 16.4. The average molecular weight is 347 g/mol. The number of nitro groups is 1. The molecule has 0 spiro atoms. The van der Waals surface area contributed by atoms with Crippen LogP contribution < -0.4 is 10.6 Å². The van der Waals surface area contributed by atoms with E-state index in [0.717, 1.165) is 37.9 Å². The third-order valence-electron chi connectivity index (χ3n) is 5.06. The number of carbonyl (C=O) groups excluding carboxylic acids is 1. The standard InChI is InChI=1S/C19H29N3O3/c1-15(17-9-12-20-13-10-17)14-19(23)21-11-3-2-4-16-5-7-18(8-6-16)22(24)25/h5-8,15,17,20H,2-4,9-14H2,1H3,(H,21,23). The smallest absolute Gasteiger partial charge is 0.269 e. The van der Waals surface area contributed by atoms with Crippen molar-refractivity contribution < 1.29 is 9.72 Å². The summed E-state index contributed by atoms with van der Waals surface area (Å²) in [5, 5.41) is 17.0. The first-order valence-corrected chi connectivity index (χ1v) is 9.27. The summed E-state index contributed by atoms with van der Waals surface area (Å²) in [6.45, 7) is 5.02. The molecule has 25 heavy (non-hydrogen) atoms. The topological polar surface area (TPSA) is 84.3 Å². The van der Waals surface area contributed by atoms with Gasteiger partial charge in [-0.2, -0.15) is 0 Å². The quantitative estimate of drug-likeness (QED) is 0.408. The van der Waals surface area contributed by atoms with E-state index in [1.807, 2.05) is 0 Å². The number of hydrogen-bond donors (Lipinski definition) is 2. The fourth-order valence-corrected chi connectivity index (χ4v) is 3.41. The molecule has 6 nitrogen and oxygen atoms in total. The van der Waals surface area contributed by atoms with Gasteiger partial charge in [0.25, 0.3) is 5.69 Å². The molecule has 1 heterocycles. The van der Waals surface area contributed by atoms with Crippen LogP contribution in [0.25, 0.3) is 0 Å². The lowest BCUT2D eigenvalue weighted by Crippen LogP contribution is -2.33. The summed E-state index contributed by atoms with van der Waals surface area (Å²) in [6, 6.07) is 6.69. The lowest BCUT2D eigenvalue weighted by molar-refractivity contribution is -0.384. The van der Waals surface area contributed by atoms with Gasteiger partial charge in [-0.3, -0.25) is 14.9 Å². The highest BCUT2D eigenvalue weighted by Crippen LogP contribution is 2.24. The van der Waals surface area contributed by atoms with E-state index in [2.05, 4.69) is 17.6 Å². The Balaban J connectivity index is 1.57. The number of rotatable bonds is 9. The fraction of sp³-hybridized carbons (Fsp3) is 0.632. The van der Waals surface area contributed by atoms with Crippen LogP contribution in [0.4, 0.5) is 5.69 Å². The molecule has 2 N–H and O–H groups in total. The van der Waals surface area contributed by atoms with E-state index in [1.165, 1.54) is 12.8 Å². The van der Waals surface area contributed by atoms with E-state index in [-0.39, 0.29) is 16.5 Å². The lowest BCUT2D eigenvalue weighted by atomic mass is 9.84. The number of nitro benzene ring substituents is 1. The first kappa shape index (κ1) is 19.4. The minimum Gasteiger partial charge on any atom is -0.356 e. The highest BCUT2D eigenvalue weighted by atomic mass is 16.6. The van der Waals surface area contributed by atoms with Crippen molar-refractivity contribution in [3.8, 4) is 0 Å². The molecule has 138 valence electrons.